The van der Waals surface area contributed by atoms with Gasteiger partial charge >= 0.3 is 5.97 Å². The minimum Gasteiger partial charge on any atom is -0.477 e. The molecule has 0 atom stereocenters. The first-order chi connectivity index (χ1) is 13.3. The van der Waals surface area contributed by atoms with E-state index >= 15 is 0 Å². The number of carbonyl (C=O) groups excluding carboxylic acids is 1. The largest absolute Gasteiger partial charge is 0.477 e. The minimum atomic E-state index is -1.10. The molecular weight excluding hydrogens is 473 g/mol. The van der Waals surface area contributed by atoms with Crippen molar-refractivity contribution in [2.24, 2.45) is 0 Å². The number of nitrogens with one attached hydrogen (secondary N) is 1. The zero-order chi connectivity index (χ0) is 20.3. The Morgan fingerprint density at radius 1 is 1.25 bits per heavy atom. The molecule has 2 N–H and O–H groups in total. The predicted octanol–water partition coefficient (Wildman–Crippen LogP) is 3.92. The fraction of sp³-hybridized carbons (Fsp3) is 0.176. The normalized spacial score (nSPS) is 10.8. The van der Waals surface area contributed by atoms with Crippen LogP contribution in [0.3, 0.4) is 0 Å². The van der Waals surface area contributed by atoms with Gasteiger partial charge in [0, 0.05) is 28.9 Å². The molecule has 1 amide bonds. The van der Waals surface area contributed by atoms with Crippen LogP contribution in [-0.2, 0) is 17.9 Å². The van der Waals surface area contributed by atoms with E-state index in [1.54, 1.807) is 23.0 Å². The highest BCUT2D eigenvalue weighted by molar-refractivity contribution is 9.10. The van der Waals surface area contributed by atoms with E-state index < -0.39 is 5.97 Å². The number of aromatic nitrogens is 4. The summed E-state index contributed by atoms with van der Waals surface area (Å²) in [6.45, 7) is 0.541. The van der Waals surface area contributed by atoms with Crippen LogP contribution in [0.15, 0.2) is 41.1 Å². The van der Waals surface area contributed by atoms with E-state index in [2.05, 4.69) is 31.4 Å². The van der Waals surface area contributed by atoms with E-state index in [0.29, 0.717) is 26.9 Å². The lowest BCUT2D eigenvalue weighted by Gasteiger charge is -2.06. The summed E-state index contributed by atoms with van der Waals surface area (Å²) in [5.74, 6) is -1.06. The Morgan fingerprint density at radius 3 is 2.75 bits per heavy atom. The molecule has 3 aromatic rings. The lowest BCUT2D eigenvalue weighted by Crippen LogP contribution is -2.18. The number of hydrogen-bond donors (Lipinski definition) is 2. The van der Waals surface area contributed by atoms with Crippen LogP contribution in [0, 0.1) is 0 Å². The van der Waals surface area contributed by atoms with Gasteiger partial charge < -0.3 is 10.4 Å². The number of aryl methyl sites for hydroxylation is 1. The smallest absolute Gasteiger partial charge is 0.354 e. The van der Waals surface area contributed by atoms with Crippen molar-refractivity contribution < 1.29 is 14.7 Å². The Bertz CT molecular complexity index is 1030. The molecule has 0 fully saturated rings. The summed E-state index contributed by atoms with van der Waals surface area (Å²) in [7, 11) is 0. The number of rotatable bonds is 7. The van der Waals surface area contributed by atoms with Gasteiger partial charge in [-0.25, -0.2) is 4.79 Å². The van der Waals surface area contributed by atoms with Crippen LogP contribution in [0.1, 0.15) is 22.5 Å². The van der Waals surface area contributed by atoms with E-state index in [1.165, 1.54) is 16.9 Å². The quantitative estimate of drug-likeness (QED) is 0.526. The molecule has 0 aliphatic heterocycles. The van der Waals surface area contributed by atoms with E-state index in [-0.39, 0.29) is 24.6 Å². The SMILES string of the molecule is O=C(CCn1nccc1C(=O)O)Nc1nn(Cc2ccc(Cl)cc2Cl)cc1Br. The Morgan fingerprint density at radius 2 is 2.04 bits per heavy atom. The third-order valence-electron chi connectivity index (χ3n) is 3.81. The van der Waals surface area contributed by atoms with Crippen molar-refractivity contribution in [1.29, 1.82) is 0 Å². The molecule has 0 radical (unpaired) electrons. The van der Waals surface area contributed by atoms with Gasteiger partial charge in [0.2, 0.25) is 5.91 Å². The zero-order valence-corrected chi connectivity index (χ0v) is 17.4. The summed E-state index contributed by atoms with van der Waals surface area (Å²) in [6, 6.07) is 6.58. The van der Waals surface area contributed by atoms with E-state index in [1.807, 2.05) is 6.07 Å². The molecule has 0 saturated heterocycles. The predicted molar refractivity (Wildman–Crippen MR) is 108 cm³/mol. The molecule has 8 nitrogen and oxygen atoms in total. The fourth-order valence-corrected chi connectivity index (χ4v) is 3.36. The molecule has 11 heteroatoms. The van der Waals surface area contributed by atoms with Gasteiger partial charge in [-0.15, -0.1) is 0 Å². The van der Waals surface area contributed by atoms with Crippen LogP contribution in [0.5, 0.6) is 0 Å². The highest BCUT2D eigenvalue weighted by atomic mass is 79.9. The van der Waals surface area contributed by atoms with Gasteiger partial charge in [-0.2, -0.15) is 10.2 Å². The van der Waals surface area contributed by atoms with Gasteiger partial charge in [0.15, 0.2) is 5.82 Å². The Balaban J connectivity index is 1.62. The number of carboxylic acids is 1. The number of amides is 1. The number of carbonyl (C=O) groups is 2. The Labute approximate surface area is 178 Å². The molecule has 1 aromatic carbocycles. The van der Waals surface area contributed by atoms with Crippen LogP contribution >= 0.6 is 39.1 Å². The minimum absolute atomic E-state index is 0.0260. The van der Waals surface area contributed by atoms with Crippen molar-refractivity contribution in [2.75, 3.05) is 5.32 Å². The number of carboxylic acid groups (broad SMARTS) is 1. The average molecular weight is 487 g/mol. The van der Waals surface area contributed by atoms with Crippen LogP contribution in [0.4, 0.5) is 5.82 Å². The average Bonchev–Trinajstić information content (AvgIpc) is 3.22. The molecule has 146 valence electrons. The molecule has 0 aliphatic carbocycles. The molecule has 0 bridgehead atoms. The third-order valence-corrected chi connectivity index (χ3v) is 4.98. The van der Waals surface area contributed by atoms with Crippen LogP contribution in [0.2, 0.25) is 10.0 Å². The maximum Gasteiger partial charge on any atom is 0.354 e. The van der Waals surface area contributed by atoms with Crippen molar-refractivity contribution in [3.8, 4) is 0 Å². The molecule has 0 spiro atoms. The summed E-state index contributed by atoms with van der Waals surface area (Å²) in [5.41, 5.74) is 0.858. The van der Waals surface area contributed by atoms with E-state index in [0.717, 1.165) is 5.56 Å². The first-order valence-electron chi connectivity index (χ1n) is 8.05. The fourth-order valence-electron chi connectivity index (χ4n) is 2.48. The van der Waals surface area contributed by atoms with Gasteiger partial charge in [0.25, 0.3) is 0 Å². The van der Waals surface area contributed by atoms with Gasteiger partial charge in [-0.1, -0.05) is 29.3 Å². The Hall–Kier alpha value is -2.36. The maximum absolute atomic E-state index is 12.2. The second-order valence-electron chi connectivity index (χ2n) is 5.80. The van der Waals surface area contributed by atoms with Crippen molar-refractivity contribution in [2.45, 2.75) is 19.5 Å². The second-order valence-corrected chi connectivity index (χ2v) is 7.50. The standard InChI is InChI=1S/C17H14BrCl2N5O3/c18-12-9-24(8-10-1-2-11(19)7-13(10)20)23-16(12)22-15(26)4-6-25-14(17(27)28)3-5-21-25/h1-3,5,7,9H,4,6,8H2,(H,27,28)(H,22,23,26). The number of nitrogens with zero attached hydrogens (tertiary/aromatic N) is 4. The zero-order valence-electron chi connectivity index (χ0n) is 14.3. The number of benzene rings is 1. The highest BCUT2D eigenvalue weighted by Gasteiger charge is 2.14. The van der Waals surface area contributed by atoms with Gasteiger partial charge in [-0.05, 0) is 39.7 Å². The van der Waals surface area contributed by atoms with Crippen molar-refractivity contribution >= 4 is 56.8 Å². The van der Waals surface area contributed by atoms with Gasteiger partial charge in [0.05, 0.1) is 17.6 Å². The molecule has 0 unspecified atom stereocenters. The summed E-state index contributed by atoms with van der Waals surface area (Å²) < 4.78 is 3.50. The number of hydrogen-bond acceptors (Lipinski definition) is 4. The first-order valence-corrected chi connectivity index (χ1v) is 9.60. The lowest BCUT2D eigenvalue weighted by molar-refractivity contribution is -0.116. The van der Waals surface area contributed by atoms with Crippen LogP contribution in [0.25, 0.3) is 0 Å². The van der Waals surface area contributed by atoms with Crippen molar-refractivity contribution in [3.63, 3.8) is 0 Å². The van der Waals surface area contributed by atoms with Crippen molar-refractivity contribution in [3.05, 3.63) is 62.4 Å². The molecule has 2 heterocycles. The monoisotopic (exact) mass is 485 g/mol. The van der Waals surface area contributed by atoms with E-state index in [9.17, 15) is 9.59 Å². The topological polar surface area (TPSA) is 102 Å². The number of aromatic carboxylic acids is 1. The van der Waals surface area contributed by atoms with Crippen molar-refractivity contribution in [1.82, 2.24) is 19.6 Å². The molecule has 28 heavy (non-hydrogen) atoms. The Kier molecular flexibility index (Phi) is 6.38. The number of halogens is 3. The summed E-state index contributed by atoms with van der Waals surface area (Å²) >= 11 is 15.4. The summed E-state index contributed by atoms with van der Waals surface area (Å²) in [6.07, 6.45) is 3.14. The molecule has 3 rings (SSSR count). The molecule has 2 aromatic heterocycles. The highest BCUT2D eigenvalue weighted by Crippen LogP contribution is 2.24. The van der Waals surface area contributed by atoms with Crippen LogP contribution < -0.4 is 5.32 Å². The third kappa shape index (κ3) is 4.92. The summed E-state index contributed by atoms with van der Waals surface area (Å²) in [4.78, 5) is 23.3. The molecule has 0 saturated carbocycles. The second kappa shape index (κ2) is 8.76. The van der Waals surface area contributed by atoms with Gasteiger partial charge in [-0.3, -0.25) is 14.2 Å². The molecular formula is C17H14BrCl2N5O3. The number of anilines is 1. The maximum atomic E-state index is 12.2. The van der Waals surface area contributed by atoms with Gasteiger partial charge in [0.1, 0.15) is 5.69 Å². The van der Waals surface area contributed by atoms with Crippen LogP contribution in [-0.4, -0.2) is 36.5 Å². The summed E-state index contributed by atoms with van der Waals surface area (Å²) in [5, 5.41) is 21.1. The van der Waals surface area contributed by atoms with E-state index in [4.69, 9.17) is 28.3 Å². The molecule has 0 aliphatic rings. The lowest BCUT2D eigenvalue weighted by atomic mass is 10.2. The first kappa shape index (κ1) is 20.4.